The molecule has 0 amide bonds. The van der Waals surface area contributed by atoms with Crippen molar-refractivity contribution in [3.63, 3.8) is 0 Å². The van der Waals surface area contributed by atoms with Gasteiger partial charge in [-0.05, 0) is 56.0 Å². The molecule has 4 rings (SSSR count). The molecule has 1 aliphatic rings. The molecule has 3 heterocycles. The Labute approximate surface area is 180 Å². The summed E-state index contributed by atoms with van der Waals surface area (Å²) in [6.45, 7) is 3.32. The lowest BCUT2D eigenvalue weighted by molar-refractivity contribution is 0.573. The minimum atomic E-state index is -4.07. The van der Waals surface area contributed by atoms with E-state index in [4.69, 9.17) is 4.98 Å². The van der Waals surface area contributed by atoms with E-state index in [1.807, 2.05) is 17.9 Å². The molecule has 0 saturated carbocycles. The van der Waals surface area contributed by atoms with Gasteiger partial charge >= 0.3 is 0 Å². The van der Waals surface area contributed by atoms with Crippen LogP contribution in [0.5, 0.6) is 0 Å². The molecule has 0 aliphatic carbocycles. The van der Waals surface area contributed by atoms with Gasteiger partial charge in [0.15, 0.2) is 0 Å². The summed E-state index contributed by atoms with van der Waals surface area (Å²) in [5.41, 5.74) is 1.08. The Balaban J connectivity index is 1.98. The predicted octanol–water partition coefficient (Wildman–Crippen LogP) is 3.33. The molecule has 3 aromatic rings. The molecule has 0 radical (unpaired) electrons. The van der Waals surface area contributed by atoms with Crippen molar-refractivity contribution >= 4 is 27.4 Å². The monoisotopic (exact) mass is 434 g/mol. The second-order valence-corrected chi connectivity index (χ2v) is 9.44. The average Bonchev–Trinajstić information content (AvgIpc) is 2.80. The Hall–Kier alpha value is -3.44. The van der Waals surface area contributed by atoms with Crippen molar-refractivity contribution in [3.8, 4) is 6.07 Å². The van der Waals surface area contributed by atoms with Crippen molar-refractivity contribution in [2.45, 2.75) is 31.1 Å². The lowest BCUT2D eigenvalue weighted by atomic mass is 10.1. The predicted molar refractivity (Wildman–Crippen MR) is 119 cm³/mol. The maximum absolute atomic E-state index is 13.4. The van der Waals surface area contributed by atoms with E-state index in [0.29, 0.717) is 11.5 Å². The summed E-state index contributed by atoms with van der Waals surface area (Å²) in [6.07, 6.45) is 5.80. The zero-order chi connectivity index (χ0) is 22.0. The zero-order valence-corrected chi connectivity index (χ0v) is 18.0. The molecule has 1 saturated heterocycles. The molecular formula is C23H22N4O3S. The van der Waals surface area contributed by atoms with Crippen LogP contribution in [-0.4, -0.2) is 30.9 Å². The second kappa shape index (κ2) is 8.36. The van der Waals surface area contributed by atoms with Gasteiger partial charge in [0.2, 0.25) is 9.84 Å². The standard InChI is InChI=1S/C23H22N4O3S/c1-17-9-8-14-27-21(17)25-22(26-12-6-3-7-13-26)20(23(27)28)15-19(16-24)31(29,30)18-10-4-2-5-11-18/h2,4-5,8-11,14-15H,3,6-7,12-13H2,1H3/b19-15+. The molecular weight excluding hydrogens is 412 g/mol. The van der Waals surface area contributed by atoms with Crippen LogP contribution in [0.4, 0.5) is 5.82 Å². The summed E-state index contributed by atoms with van der Waals surface area (Å²) in [7, 11) is -4.07. The lowest BCUT2D eigenvalue weighted by Crippen LogP contribution is -2.33. The molecule has 31 heavy (non-hydrogen) atoms. The number of benzene rings is 1. The molecule has 0 bridgehead atoms. The Kier molecular flexibility index (Phi) is 5.61. The van der Waals surface area contributed by atoms with Crippen molar-refractivity contribution in [3.05, 3.63) is 75.0 Å². The van der Waals surface area contributed by atoms with Gasteiger partial charge in [0, 0.05) is 19.3 Å². The van der Waals surface area contributed by atoms with E-state index < -0.39 is 20.3 Å². The first-order valence-electron chi connectivity index (χ1n) is 10.1. The van der Waals surface area contributed by atoms with Crippen LogP contribution in [0.25, 0.3) is 11.7 Å². The Morgan fingerprint density at radius 3 is 2.48 bits per heavy atom. The van der Waals surface area contributed by atoms with Crippen LogP contribution in [0.3, 0.4) is 0 Å². The summed E-state index contributed by atoms with van der Waals surface area (Å²) in [5, 5.41) is 9.69. The minimum Gasteiger partial charge on any atom is -0.356 e. The molecule has 1 aliphatic heterocycles. The van der Waals surface area contributed by atoms with E-state index in [0.717, 1.165) is 37.9 Å². The minimum absolute atomic E-state index is 0.00650. The molecule has 1 fully saturated rings. The van der Waals surface area contributed by atoms with Crippen LogP contribution in [0.2, 0.25) is 0 Å². The highest BCUT2D eigenvalue weighted by Gasteiger charge is 2.25. The number of allylic oxidation sites excluding steroid dienone is 1. The number of aromatic nitrogens is 2. The highest BCUT2D eigenvalue weighted by molar-refractivity contribution is 7.95. The van der Waals surface area contributed by atoms with Crippen LogP contribution in [0.1, 0.15) is 30.4 Å². The van der Waals surface area contributed by atoms with Crippen LogP contribution >= 0.6 is 0 Å². The first kappa shape index (κ1) is 20.8. The Morgan fingerprint density at radius 2 is 1.81 bits per heavy atom. The second-order valence-electron chi connectivity index (χ2n) is 7.52. The molecule has 0 N–H and O–H groups in total. The first-order valence-corrected chi connectivity index (χ1v) is 11.6. The van der Waals surface area contributed by atoms with Crippen molar-refractivity contribution in [2.24, 2.45) is 0 Å². The fraction of sp³-hybridized carbons (Fsp3) is 0.261. The maximum Gasteiger partial charge on any atom is 0.267 e. The van der Waals surface area contributed by atoms with Gasteiger partial charge in [-0.1, -0.05) is 24.3 Å². The molecule has 0 unspecified atom stereocenters. The van der Waals surface area contributed by atoms with E-state index in [1.54, 1.807) is 36.5 Å². The highest BCUT2D eigenvalue weighted by Crippen LogP contribution is 2.26. The number of anilines is 1. The van der Waals surface area contributed by atoms with Crippen molar-refractivity contribution in [2.75, 3.05) is 18.0 Å². The van der Waals surface area contributed by atoms with Gasteiger partial charge in [0.25, 0.3) is 5.56 Å². The topological polar surface area (TPSA) is 95.5 Å². The highest BCUT2D eigenvalue weighted by atomic mass is 32.2. The Bertz CT molecular complexity index is 1360. The number of sulfone groups is 1. The number of piperidine rings is 1. The lowest BCUT2D eigenvalue weighted by Gasteiger charge is -2.29. The number of fused-ring (bicyclic) bond motifs is 1. The Morgan fingerprint density at radius 1 is 1.10 bits per heavy atom. The molecule has 2 aromatic heterocycles. The van der Waals surface area contributed by atoms with Crippen molar-refractivity contribution in [1.29, 1.82) is 5.26 Å². The fourth-order valence-electron chi connectivity index (χ4n) is 3.80. The number of nitrogens with zero attached hydrogens (tertiary/aromatic N) is 4. The number of hydrogen-bond acceptors (Lipinski definition) is 6. The molecule has 1 aromatic carbocycles. The maximum atomic E-state index is 13.4. The summed E-state index contributed by atoms with van der Waals surface area (Å²) in [5.74, 6) is 0.426. The van der Waals surface area contributed by atoms with Gasteiger partial charge in [-0.15, -0.1) is 0 Å². The quantitative estimate of drug-likeness (QED) is 0.585. The largest absolute Gasteiger partial charge is 0.356 e. The summed E-state index contributed by atoms with van der Waals surface area (Å²) in [4.78, 5) is 19.7. The third-order valence-corrected chi connectivity index (χ3v) is 7.13. The molecule has 7 nitrogen and oxygen atoms in total. The third kappa shape index (κ3) is 3.84. The fourth-order valence-corrected chi connectivity index (χ4v) is 4.96. The van der Waals surface area contributed by atoms with Gasteiger partial charge in [-0.25, -0.2) is 13.4 Å². The van der Waals surface area contributed by atoms with Crippen LogP contribution < -0.4 is 10.5 Å². The van der Waals surface area contributed by atoms with Gasteiger partial charge in [-0.2, -0.15) is 5.26 Å². The van der Waals surface area contributed by atoms with Crippen LogP contribution in [-0.2, 0) is 9.84 Å². The zero-order valence-electron chi connectivity index (χ0n) is 17.2. The third-order valence-electron chi connectivity index (χ3n) is 5.45. The molecule has 158 valence electrons. The van der Waals surface area contributed by atoms with Gasteiger partial charge in [0.05, 0.1) is 10.5 Å². The van der Waals surface area contributed by atoms with Crippen molar-refractivity contribution < 1.29 is 8.42 Å². The summed E-state index contributed by atoms with van der Waals surface area (Å²) >= 11 is 0. The van der Waals surface area contributed by atoms with Gasteiger partial charge in [0.1, 0.15) is 22.4 Å². The first-order chi connectivity index (χ1) is 14.9. The van der Waals surface area contributed by atoms with E-state index in [9.17, 15) is 18.5 Å². The smallest absolute Gasteiger partial charge is 0.267 e. The number of hydrogen-bond donors (Lipinski definition) is 0. The average molecular weight is 435 g/mol. The van der Waals surface area contributed by atoms with Gasteiger partial charge < -0.3 is 4.90 Å². The summed E-state index contributed by atoms with van der Waals surface area (Å²) in [6, 6.07) is 13.1. The SMILES string of the molecule is Cc1cccn2c(=O)c(/C=C(\C#N)S(=O)(=O)c3ccccc3)c(N3CCCCC3)nc12. The van der Waals surface area contributed by atoms with Crippen LogP contribution in [0, 0.1) is 18.3 Å². The number of rotatable bonds is 4. The van der Waals surface area contributed by atoms with Crippen molar-refractivity contribution in [1.82, 2.24) is 9.38 Å². The molecule has 0 spiro atoms. The molecule has 8 heteroatoms. The summed E-state index contributed by atoms with van der Waals surface area (Å²) < 4.78 is 27.5. The normalized spacial score (nSPS) is 15.1. The van der Waals surface area contributed by atoms with E-state index in [1.165, 1.54) is 22.6 Å². The number of aryl methyl sites for hydroxylation is 1. The number of pyridine rings is 1. The van der Waals surface area contributed by atoms with E-state index >= 15 is 0 Å². The molecule has 0 atom stereocenters. The van der Waals surface area contributed by atoms with Gasteiger partial charge in [-0.3, -0.25) is 9.20 Å². The van der Waals surface area contributed by atoms with Crippen LogP contribution in [0.15, 0.2) is 63.3 Å². The van der Waals surface area contributed by atoms with E-state index in [2.05, 4.69) is 0 Å². The van der Waals surface area contributed by atoms with E-state index in [-0.39, 0.29) is 10.5 Å². The number of nitriles is 1.